The van der Waals surface area contributed by atoms with Gasteiger partial charge in [0.25, 0.3) is 0 Å². The molecule has 0 fully saturated rings. The number of ether oxygens (including phenoxy) is 1. The summed E-state index contributed by atoms with van der Waals surface area (Å²) in [5, 5.41) is 3.01. The third-order valence-electron chi connectivity index (χ3n) is 2.31. The first-order valence-corrected chi connectivity index (χ1v) is 6.21. The van der Waals surface area contributed by atoms with Crippen molar-refractivity contribution in [3.8, 4) is 5.75 Å². The van der Waals surface area contributed by atoms with Gasteiger partial charge in [-0.2, -0.15) is 0 Å². The predicted molar refractivity (Wildman–Crippen MR) is 76.7 cm³/mol. The molecule has 0 atom stereocenters. The highest BCUT2D eigenvalue weighted by Gasteiger charge is 1.94. The SMILES string of the molecule is CC(C)=CCOc1ccc(CCNC=S)cc1. The van der Waals surface area contributed by atoms with Crippen molar-refractivity contribution >= 4 is 17.7 Å². The Labute approximate surface area is 109 Å². The number of rotatable bonds is 7. The topological polar surface area (TPSA) is 21.3 Å². The summed E-state index contributed by atoms with van der Waals surface area (Å²) < 4.78 is 5.58. The van der Waals surface area contributed by atoms with E-state index in [-0.39, 0.29) is 0 Å². The highest BCUT2D eigenvalue weighted by atomic mass is 32.1. The monoisotopic (exact) mass is 249 g/mol. The third kappa shape index (κ3) is 6.07. The van der Waals surface area contributed by atoms with E-state index in [0.29, 0.717) is 6.61 Å². The van der Waals surface area contributed by atoms with Crippen LogP contribution in [0, 0.1) is 0 Å². The lowest BCUT2D eigenvalue weighted by Crippen LogP contribution is -2.13. The van der Waals surface area contributed by atoms with Gasteiger partial charge in [-0.15, -0.1) is 0 Å². The maximum atomic E-state index is 5.58. The Bertz CT molecular complexity index is 366. The Balaban J connectivity index is 2.39. The highest BCUT2D eigenvalue weighted by Crippen LogP contribution is 2.12. The fourth-order valence-corrected chi connectivity index (χ4v) is 1.45. The fourth-order valence-electron chi connectivity index (χ4n) is 1.33. The molecule has 0 bridgehead atoms. The van der Waals surface area contributed by atoms with Gasteiger partial charge in [-0.3, -0.25) is 0 Å². The Hall–Kier alpha value is -1.35. The molecule has 0 aliphatic carbocycles. The molecule has 0 spiro atoms. The van der Waals surface area contributed by atoms with Gasteiger partial charge in [0.05, 0.1) is 5.49 Å². The van der Waals surface area contributed by atoms with Crippen LogP contribution in [0.3, 0.4) is 0 Å². The molecule has 0 unspecified atom stereocenters. The molecule has 3 heteroatoms. The van der Waals surface area contributed by atoms with Crippen molar-refractivity contribution in [3.05, 3.63) is 41.5 Å². The lowest BCUT2D eigenvalue weighted by molar-refractivity contribution is 0.362. The quantitative estimate of drug-likeness (QED) is 0.456. The molecule has 0 aliphatic rings. The Morgan fingerprint density at radius 1 is 1.29 bits per heavy atom. The molecule has 0 saturated heterocycles. The van der Waals surface area contributed by atoms with E-state index in [1.807, 2.05) is 12.1 Å². The van der Waals surface area contributed by atoms with Gasteiger partial charge >= 0.3 is 0 Å². The van der Waals surface area contributed by atoms with E-state index in [2.05, 4.69) is 37.4 Å². The lowest BCUT2D eigenvalue weighted by atomic mass is 10.1. The Morgan fingerprint density at radius 3 is 2.59 bits per heavy atom. The minimum atomic E-state index is 0.633. The number of benzene rings is 1. The maximum absolute atomic E-state index is 5.58. The van der Waals surface area contributed by atoms with Gasteiger partial charge in [0.2, 0.25) is 0 Å². The minimum absolute atomic E-state index is 0.633. The second kappa shape index (κ2) is 7.85. The van der Waals surface area contributed by atoms with E-state index in [1.54, 1.807) is 5.49 Å². The van der Waals surface area contributed by atoms with E-state index in [9.17, 15) is 0 Å². The second-order valence-electron chi connectivity index (χ2n) is 4.06. The molecule has 2 nitrogen and oxygen atoms in total. The average Bonchev–Trinajstić information content (AvgIpc) is 2.31. The zero-order valence-corrected chi connectivity index (χ0v) is 11.2. The van der Waals surface area contributed by atoms with Crippen LogP contribution in [0.5, 0.6) is 5.75 Å². The van der Waals surface area contributed by atoms with E-state index >= 15 is 0 Å². The van der Waals surface area contributed by atoms with E-state index in [1.165, 1.54) is 11.1 Å². The summed E-state index contributed by atoms with van der Waals surface area (Å²) in [6, 6.07) is 8.18. The normalized spacial score (nSPS) is 9.53. The van der Waals surface area contributed by atoms with Crippen molar-refractivity contribution in [1.29, 1.82) is 0 Å². The van der Waals surface area contributed by atoms with Crippen LogP contribution in [-0.4, -0.2) is 18.6 Å². The molecule has 0 heterocycles. The van der Waals surface area contributed by atoms with Gasteiger partial charge in [-0.05, 0) is 44.0 Å². The second-order valence-corrected chi connectivity index (χ2v) is 4.29. The summed E-state index contributed by atoms with van der Waals surface area (Å²) in [6.45, 7) is 5.64. The molecule has 0 radical (unpaired) electrons. The molecule has 0 aromatic heterocycles. The molecule has 1 aromatic rings. The molecule has 1 N–H and O–H groups in total. The summed E-state index contributed by atoms with van der Waals surface area (Å²) in [5.74, 6) is 0.911. The first-order chi connectivity index (χ1) is 8.22. The van der Waals surface area contributed by atoms with E-state index in [4.69, 9.17) is 17.0 Å². The van der Waals surface area contributed by atoms with Gasteiger partial charge in [0, 0.05) is 6.54 Å². The molecule has 0 aliphatic heterocycles. The largest absolute Gasteiger partial charge is 0.490 e. The lowest BCUT2D eigenvalue weighted by Gasteiger charge is -2.05. The van der Waals surface area contributed by atoms with Crippen LogP contribution in [0.25, 0.3) is 0 Å². The summed E-state index contributed by atoms with van der Waals surface area (Å²) in [7, 11) is 0. The summed E-state index contributed by atoms with van der Waals surface area (Å²) in [5.41, 5.74) is 4.11. The third-order valence-corrected chi connectivity index (χ3v) is 2.47. The van der Waals surface area contributed by atoms with Gasteiger partial charge in [0.1, 0.15) is 12.4 Å². The zero-order valence-electron chi connectivity index (χ0n) is 10.4. The number of nitrogens with one attached hydrogen (secondary N) is 1. The van der Waals surface area contributed by atoms with E-state index in [0.717, 1.165) is 18.7 Å². The van der Waals surface area contributed by atoms with Crippen LogP contribution in [0.2, 0.25) is 0 Å². The molecular formula is C14H19NOS. The summed E-state index contributed by atoms with van der Waals surface area (Å²) in [6.07, 6.45) is 3.04. The number of thiocarbonyl (C=S) groups is 1. The minimum Gasteiger partial charge on any atom is -0.490 e. The van der Waals surface area contributed by atoms with Crippen molar-refractivity contribution in [2.45, 2.75) is 20.3 Å². The molecule has 17 heavy (non-hydrogen) atoms. The smallest absolute Gasteiger partial charge is 0.119 e. The average molecular weight is 249 g/mol. The number of allylic oxidation sites excluding steroid dienone is 1. The summed E-state index contributed by atoms with van der Waals surface area (Å²) >= 11 is 4.70. The van der Waals surface area contributed by atoms with Crippen LogP contribution < -0.4 is 10.1 Å². The highest BCUT2D eigenvalue weighted by molar-refractivity contribution is 7.78. The summed E-state index contributed by atoms with van der Waals surface area (Å²) in [4.78, 5) is 0. The first kappa shape index (κ1) is 13.7. The number of hydrogen-bond acceptors (Lipinski definition) is 2. The van der Waals surface area contributed by atoms with Gasteiger partial charge < -0.3 is 10.1 Å². The van der Waals surface area contributed by atoms with Crippen LogP contribution in [0.15, 0.2) is 35.9 Å². The Kier molecular flexibility index (Phi) is 6.33. The molecule has 1 rings (SSSR count). The van der Waals surface area contributed by atoms with Crippen molar-refractivity contribution in [1.82, 2.24) is 5.32 Å². The van der Waals surface area contributed by atoms with Crippen molar-refractivity contribution in [3.63, 3.8) is 0 Å². The van der Waals surface area contributed by atoms with Crippen LogP contribution >= 0.6 is 12.2 Å². The van der Waals surface area contributed by atoms with Crippen LogP contribution in [-0.2, 0) is 6.42 Å². The van der Waals surface area contributed by atoms with Crippen molar-refractivity contribution < 1.29 is 4.74 Å². The maximum Gasteiger partial charge on any atom is 0.119 e. The van der Waals surface area contributed by atoms with Gasteiger partial charge in [-0.1, -0.05) is 29.9 Å². The van der Waals surface area contributed by atoms with Crippen LogP contribution in [0.4, 0.5) is 0 Å². The molecule has 0 saturated carbocycles. The molecule has 1 aromatic carbocycles. The Morgan fingerprint density at radius 2 is 2.00 bits per heavy atom. The van der Waals surface area contributed by atoms with Crippen molar-refractivity contribution in [2.24, 2.45) is 0 Å². The molecular weight excluding hydrogens is 230 g/mol. The van der Waals surface area contributed by atoms with Gasteiger partial charge in [0.15, 0.2) is 0 Å². The van der Waals surface area contributed by atoms with Crippen molar-refractivity contribution in [2.75, 3.05) is 13.2 Å². The predicted octanol–water partition coefficient (Wildman–Crippen LogP) is 3.12. The van der Waals surface area contributed by atoms with Crippen LogP contribution in [0.1, 0.15) is 19.4 Å². The zero-order chi connectivity index (χ0) is 12.5. The number of hydrogen-bond donors (Lipinski definition) is 1. The van der Waals surface area contributed by atoms with E-state index < -0.39 is 0 Å². The standard InChI is InChI=1S/C14H19NOS/c1-12(2)8-10-16-14-5-3-13(4-6-14)7-9-15-11-17/h3-6,8,11H,7,9-10H2,1-2H3,(H,15,17). The fraction of sp³-hybridized carbons (Fsp3) is 0.357. The first-order valence-electron chi connectivity index (χ1n) is 5.74. The van der Waals surface area contributed by atoms with Gasteiger partial charge in [-0.25, -0.2) is 0 Å². The molecule has 0 amide bonds. The molecule has 92 valence electrons.